The van der Waals surface area contributed by atoms with Gasteiger partial charge in [0.2, 0.25) is 10.0 Å². The Morgan fingerprint density at radius 1 is 1.31 bits per heavy atom. The van der Waals surface area contributed by atoms with Crippen molar-refractivity contribution in [3.8, 4) is 0 Å². The van der Waals surface area contributed by atoms with Crippen LogP contribution in [0.3, 0.4) is 0 Å². The summed E-state index contributed by atoms with van der Waals surface area (Å²) in [4.78, 5) is 1.31. The molecule has 0 radical (unpaired) electrons. The van der Waals surface area contributed by atoms with Crippen LogP contribution in [0.5, 0.6) is 0 Å². The third-order valence-corrected chi connectivity index (χ3v) is 3.83. The summed E-state index contributed by atoms with van der Waals surface area (Å²) in [6.45, 7) is 1.29. The summed E-state index contributed by atoms with van der Waals surface area (Å²) in [5.41, 5.74) is 0. The van der Waals surface area contributed by atoms with Crippen LogP contribution in [0.2, 0.25) is 0 Å². The van der Waals surface area contributed by atoms with E-state index in [0.717, 1.165) is 12.8 Å². The highest BCUT2D eigenvalue weighted by atomic mass is 32.2. The Kier molecular flexibility index (Phi) is 5.97. The van der Waals surface area contributed by atoms with Crippen LogP contribution in [-0.4, -0.2) is 27.4 Å². The van der Waals surface area contributed by atoms with Gasteiger partial charge in [-0.05, 0) is 24.3 Å². The van der Waals surface area contributed by atoms with Crippen LogP contribution in [0.1, 0.15) is 17.7 Å². The maximum atomic E-state index is 10.6. The molecule has 0 unspecified atom stereocenters. The van der Waals surface area contributed by atoms with Gasteiger partial charge in [0.05, 0.1) is 12.4 Å². The molecule has 0 amide bonds. The van der Waals surface area contributed by atoms with Crippen LogP contribution in [0.4, 0.5) is 0 Å². The van der Waals surface area contributed by atoms with Gasteiger partial charge in [0.1, 0.15) is 0 Å². The van der Waals surface area contributed by atoms with Gasteiger partial charge < -0.3 is 4.74 Å². The molecule has 0 saturated carbocycles. The smallest absolute Gasteiger partial charge is 0.209 e. The number of ether oxygens (including phenoxy) is 1. The summed E-state index contributed by atoms with van der Waals surface area (Å²) in [6, 6.07) is 4.10. The number of hydrogen-bond acceptors (Lipinski definition) is 4. The van der Waals surface area contributed by atoms with Gasteiger partial charge in [-0.15, -0.1) is 11.3 Å². The van der Waals surface area contributed by atoms with Crippen LogP contribution < -0.4 is 5.14 Å². The second-order valence-corrected chi connectivity index (χ2v) is 6.28. The van der Waals surface area contributed by atoms with E-state index in [1.54, 1.807) is 11.3 Å². The molecular weight excluding hydrogens is 246 g/mol. The van der Waals surface area contributed by atoms with Crippen molar-refractivity contribution < 1.29 is 13.2 Å². The predicted octanol–water partition coefficient (Wildman–Crippen LogP) is 1.38. The molecule has 2 N–H and O–H groups in total. The molecule has 4 nitrogen and oxygen atoms in total. The topological polar surface area (TPSA) is 69.4 Å². The molecule has 92 valence electrons. The lowest BCUT2D eigenvalue weighted by atomic mass is 10.3. The molecule has 0 aromatic carbocycles. The van der Waals surface area contributed by atoms with Crippen molar-refractivity contribution in [3.05, 3.63) is 22.4 Å². The summed E-state index contributed by atoms with van der Waals surface area (Å²) >= 11 is 1.72. The Hall–Kier alpha value is -0.430. The molecule has 1 rings (SSSR count). The number of thiophene rings is 1. The first-order chi connectivity index (χ1) is 7.58. The van der Waals surface area contributed by atoms with Crippen LogP contribution in [0.15, 0.2) is 17.5 Å². The zero-order chi connectivity index (χ0) is 11.9. The highest BCUT2D eigenvalue weighted by molar-refractivity contribution is 7.89. The van der Waals surface area contributed by atoms with E-state index in [-0.39, 0.29) is 5.75 Å². The third-order valence-electron chi connectivity index (χ3n) is 2.04. The first kappa shape index (κ1) is 13.6. The predicted molar refractivity (Wildman–Crippen MR) is 66.1 cm³/mol. The number of unbranched alkanes of at least 4 members (excludes halogenated alkanes) is 1. The van der Waals surface area contributed by atoms with E-state index < -0.39 is 10.0 Å². The minimum absolute atomic E-state index is 0.0429. The fourth-order valence-corrected chi connectivity index (χ4v) is 2.53. The van der Waals surface area contributed by atoms with Crippen LogP contribution in [-0.2, 0) is 21.2 Å². The van der Waals surface area contributed by atoms with Gasteiger partial charge in [0.15, 0.2) is 0 Å². The summed E-state index contributed by atoms with van der Waals surface area (Å²) in [5.74, 6) is 0.0429. The number of primary sulfonamides is 1. The van der Waals surface area contributed by atoms with E-state index in [9.17, 15) is 8.42 Å². The van der Waals surface area contributed by atoms with Gasteiger partial charge in [0.25, 0.3) is 0 Å². The maximum absolute atomic E-state index is 10.6. The maximum Gasteiger partial charge on any atom is 0.209 e. The molecule has 0 atom stereocenters. The second-order valence-electron chi connectivity index (χ2n) is 3.52. The Labute approximate surface area is 100 Å². The molecule has 0 bridgehead atoms. The number of hydrogen-bond donors (Lipinski definition) is 1. The Morgan fingerprint density at radius 3 is 2.75 bits per heavy atom. The van der Waals surface area contributed by atoms with Crippen molar-refractivity contribution in [1.29, 1.82) is 0 Å². The molecule has 16 heavy (non-hydrogen) atoms. The van der Waals surface area contributed by atoms with E-state index in [2.05, 4.69) is 6.07 Å². The monoisotopic (exact) mass is 263 g/mol. The molecule has 6 heteroatoms. The van der Waals surface area contributed by atoms with Crippen molar-refractivity contribution >= 4 is 21.4 Å². The minimum atomic E-state index is -3.31. The van der Waals surface area contributed by atoms with Gasteiger partial charge in [-0.1, -0.05) is 6.07 Å². The quantitative estimate of drug-likeness (QED) is 0.720. The van der Waals surface area contributed by atoms with Crippen molar-refractivity contribution in [2.24, 2.45) is 5.14 Å². The molecule has 0 spiro atoms. The average molecular weight is 263 g/mol. The number of nitrogens with two attached hydrogens (primary N) is 1. The molecule has 1 heterocycles. The van der Waals surface area contributed by atoms with Crippen LogP contribution in [0, 0.1) is 0 Å². The number of rotatable bonds is 8. The van der Waals surface area contributed by atoms with Crippen molar-refractivity contribution in [2.45, 2.75) is 19.3 Å². The van der Waals surface area contributed by atoms with E-state index in [4.69, 9.17) is 9.88 Å². The molecule has 0 saturated heterocycles. The van der Waals surface area contributed by atoms with Crippen LogP contribution in [0.25, 0.3) is 0 Å². The minimum Gasteiger partial charge on any atom is -0.381 e. The molecule has 0 aliphatic heterocycles. The standard InChI is InChI=1S/C10H17NO3S2/c11-16(12,13)9-2-1-6-14-7-5-10-4-3-8-15-10/h3-4,8H,1-2,5-7,9H2,(H2,11,12,13). The lowest BCUT2D eigenvalue weighted by molar-refractivity contribution is 0.135. The summed E-state index contributed by atoms with van der Waals surface area (Å²) in [5, 5.41) is 6.92. The highest BCUT2D eigenvalue weighted by Gasteiger charge is 2.01. The Bertz CT molecular complexity index is 373. The normalized spacial score (nSPS) is 11.8. The lowest BCUT2D eigenvalue weighted by Crippen LogP contribution is -2.16. The first-order valence-electron chi connectivity index (χ1n) is 5.18. The zero-order valence-electron chi connectivity index (χ0n) is 9.09. The largest absolute Gasteiger partial charge is 0.381 e. The highest BCUT2D eigenvalue weighted by Crippen LogP contribution is 2.08. The average Bonchev–Trinajstić information content (AvgIpc) is 2.67. The fraction of sp³-hybridized carbons (Fsp3) is 0.600. The fourth-order valence-electron chi connectivity index (χ4n) is 1.24. The molecule has 0 aliphatic carbocycles. The summed E-state index contributed by atoms with van der Waals surface area (Å²) < 4.78 is 26.6. The Morgan fingerprint density at radius 2 is 2.12 bits per heavy atom. The van der Waals surface area contributed by atoms with Crippen molar-refractivity contribution in [2.75, 3.05) is 19.0 Å². The summed E-state index contributed by atoms with van der Waals surface area (Å²) in [7, 11) is -3.31. The SMILES string of the molecule is NS(=O)(=O)CCCCOCCc1cccs1. The van der Waals surface area contributed by atoms with Gasteiger partial charge >= 0.3 is 0 Å². The third kappa shape index (κ3) is 6.95. The number of sulfonamides is 1. The Balaban J connectivity index is 1.93. The van der Waals surface area contributed by atoms with Crippen molar-refractivity contribution in [1.82, 2.24) is 0 Å². The molecular formula is C10H17NO3S2. The second kappa shape index (κ2) is 7.01. The van der Waals surface area contributed by atoms with E-state index >= 15 is 0 Å². The summed E-state index contributed by atoms with van der Waals surface area (Å²) in [6.07, 6.45) is 2.23. The zero-order valence-corrected chi connectivity index (χ0v) is 10.7. The molecule has 1 aromatic heterocycles. The van der Waals surface area contributed by atoms with E-state index in [1.165, 1.54) is 4.88 Å². The van der Waals surface area contributed by atoms with E-state index in [0.29, 0.717) is 19.6 Å². The molecule has 0 aliphatic rings. The molecule has 0 fully saturated rings. The van der Waals surface area contributed by atoms with Gasteiger partial charge in [-0.25, -0.2) is 13.6 Å². The van der Waals surface area contributed by atoms with E-state index in [1.807, 2.05) is 11.4 Å². The van der Waals surface area contributed by atoms with Gasteiger partial charge in [-0.2, -0.15) is 0 Å². The van der Waals surface area contributed by atoms with Crippen molar-refractivity contribution in [3.63, 3.8) is 0 Å². The van der Waals surface area contributed by atoms with Gasteiger partial charge in [-0.3, -0.25) is 0 Å². The molecule has 1 aromatic rings. The van der Waals surface area contributed by atoms with Gasteiger partial charge in [0, 0.05) is 17.9 Å². The van der Waals surface area contributed by atoms with Crippen LogP contribution >= 0.6 is 11.3 Å². The first-order valence-corrected chi connectivity index (χ1v) is 7.78. The lowest BCUT2D eigenvalue weighted by Gasteiger charge is -2.02.